The average Bonchev–Trinajstić information content (AvgIpc) is 3.04. The Morgan fingerprint density at radius 2 is 1.86 bits per heavy atom. The van der Waals surface area contributed by atoms with Crippen molar-refractivity contribution in [2.45, 2.75) is 45.6 Å². The van der Waals surface area contributed by atoms with Crippen LogP contribution in [-0.2, 0) is 27.1 Å². The molecule has 1 aliphatic carbocycles. The monoisotopic (exact) mass is 402 g/mol. The lowest BCUT2D eigenvalue weighted by Crippen LogP contribution is -2.22. The fourth-order valence-corrected chi connectivity index (χ4v) is 4.30. The highest BCUT2D eigenvalue weighted by atomic mass is 32.1. The van der Waals surface area contributed by atoms with E-state index < -0.39 is 24.5 Å². The quantitative estimate of drug-likeness (QED) is 0.745. The molecule has 0 aromatic carbocycles. The van der Waals surface area contributed by atoms with Crippen LogP contribution in [0.2, 0.25) is 0 Å². The highest BCUT2D eigenvalue weighted by Gasteiger charge is 2.28. The molecule has 148 valence electrons. The van der Waals surface area contributed by atoms with Gasteiger partial charge in [-0.3, -0.25) is 9.78 Å². The van der Waals surface area contributed by atoms with E-state index in [4.69, 9.17) is 9.47 Å². The molecule has 0 unspecified atom stereocenters. The van der Waals surface area contributed by atoms with E-state index >= 15 is 0 Å². The second kappa shape index (κ2) is 8.97. The van der Waals surface area contributed by atoms with E-state index in [0.29, 0.717) is 16.1 Å². The second-order valence-corrected chi connectivity index (χ2v) is 7.83. The van der Waals surface area contributed by atoms with Gasteiger partial charge >= 0.3 is 11.9 Å². The van der Waals surface area contributed by atoms with Crippen molar-refractivity contribution in [1.82, 2.24) is 4.98 Å². The number of nitrogens with one attached hydrogen (secondary N) is 1. The van der Waals surface area contributed by atoms with Gasteiger partial charge in [0.25, 0.3) is 5.91 Å². The summed E-state index contributed by atoms with van der Waals surface area (Å²) in [5.74, 6) is -1.54. The Morgan fingerprint density at radius 1 is 1.14 bits per heavy atom. The molecule has 8 heteroatoms. The zero-order chi connectivity index (χ0) is 20.1. The molecule has 1 aliphatic rings. The van der Waals surface area contributed by atoms with E-state index in [1.807, 2.05) is 0 Å². The van der Waals surface area contributed by atoms with Crippen LogP contribution in [0.5, 0.6) is 0 Å². The Hall–Kier alpha value is -2.74. The highest BCUT2D eigenvalue weighted by Crippen LogP contribution is 2.38. The van der Waals surface area contributed by atoms with E-state index in [-0.39, 0.29) is 6.10 Å². The molecule has 0 fully saturated rings. The van der Waals surface area contributed by atoms with Crippen molar-refractivity contribution in [3.63, 3.8) is 0 Å². The van der Waals surface area contributed by atoms with Crippen molar-refractivity contribution in [2.24, 2.45) is 0 Å². The third kappa shape index (κ3) is 4.75. The molecule has 7 nitrogen and oxygen atoms in total. The summed E-state index contributed by atoms with van der Waals surface area (Å²) in [7, 11) is 0. The first-order chi connectivity index (χ1) is 13.5. The third-order valence-corrected chi connectivity index (χ3v) is 5.43. The minimum atomic E-state index is -0.609. The topological polar surface area (TPSA) is 94.6 Å². The summed E-state index contributed by atoms with van der Waals surface area (Å²) in [5.41, 5.74) is 1.71. The highest BCUT2D eigenvalue weighted by molar-refractivity contribution is 7.17. The Bertz CT molecular complexity index is 876. The number of carbonyl (C=O) groups excluding carboxylic acids is 3. The molecular formula is C20H22N2O5S. The van der Waals surface area contributed by atoms with Gasteiger partial charge in [-0.2, -0.15) is 0 Å². The zero-order valence-electron chi connectivity index (χ0n) is 15.8. The number of ether oxygens (including phenoxy) is 2. The van der Waals surface area contributed by atoms with Crippen molar-refractivity contribution in [3.05, 3.63) is 46.1 Å². The van der Waals surface area contributed by atoms with Crippen molar-refractivity contribution in [1.29, 1.82) is 0 Å². The standard InChI is InChI=1S/C20H22N2O5S/c1-12(2)27-20(25)17-14-5-3-4-6-15(14)28-18(17)22-16(23)11-26-19(24)13-7-9-21-10-8-13/h7-10,12H,3-6,11H2,1-2H3,(H,22,23). The van der Waals surface area contributed by atoms with Gasteiger partial charge < -0.3 is 14.8 Å². The second-order valence-electron chi connectivity index (χ2n) is 6.73. The summed E-state index contributed by atoms with van der Waals surface area (Å²) in [6.45, 7) is 3.13. The van der Waals surface area contributed by atoms with Gasteiger partial charge in [0, 0.05) is 17.3 Å². The number of hydrogen-bond acceptors (Lipinski definition) is 7. The van der Waals surface area contributed by atoms with Crippen LogP contribution in [0.1, 0.15) is 57.8 Å². The predicted octanol–water partition coefficient (Wildman–Crippen LogP) is 3.38. The number of thiophene rings is 1. The number of nitrogens with zero attached hydrogens (tertiary/aromatic N) is 1. The molecule has 3 rings (SSSR count). The van der Waals surface area contributed by atoms with Gasteiger partial charge in [-0.15, -0.1) is 11.3 Å². The van der Waals surface area contributed by atoms with Crippen LogP contribution in [-0.4, -0.2) is 35.5 Å². The van der Waals surface area contributed by atoms with Crippen LogP contribution in [0, 0.1) is 0 Å². The largest absolute Gasteiger partial charge is 0.459 e. The number of esters is 2. The van der Waals surface area contributed by atoms with E-state index in [0.717, 1.165) is 36.1 Å². The van der Waals surface area contributed by atoms with E-state index in [2.05, 4.69) is 10.3 Å². The minimum Gasteiger partial charge on any atom is -0.459 e. The van der Waals surface area contributed by atoms with Gasteiger partial charge in [0.05, 0.1) is 17.2 Å². The molecule has 2 aromatic rings. The predicted molar refractivity (Wildman–Crippen MR) is 105 cm³/mol. The van der Waals surface area contributed by atoms with E-state index in [1.54, 1.807) is 13.8 Å². The normalized spacial score (nSPS) is 13.0. The summed E-state index contributed by atoms with van der Waals surface area (Å²) >= 11 is 1.39. The number of rotatable bonds is 6. The first kappa shape index (κ1) is 20.0. The summed E-state index contributed by atoms with van der Waals surface area (Å²) in [4.78, 5) is 41.8. The maximum Gasteiger partial charge on any atom is 0.341 e. The number of aromatic nitrogens is 1. The lowest BCUT2D eigenvalue weighted by Gasteiger charge is -2.14. The summed E-state index contributed by atoms with van der Waals surface area (Å²) in [6.07, 6.45) is 6.43. The van der Waals surface area contributed by atoms with Crippen molar-refractivity contribution in [2.75, 3.05) is 11.9 Å². The first-order valence-corrected chi connectivity index (χ1v) is 10.00. The van der Waals surface area contributed by atoms with Crippen LogP contribution in [0.15, 0.2) is 24.5 Å². The number of carbonyl (C=O) groups is 3. The molecule has 28 heavy (non-hydrogen) atoms. The maximum atomic E-state index is 12.6. The van der Waals surface area contributed by atoms with Gasteiger partial charge in [0.15, 0.2) is 6.61 Å². The molecule has 0 radical (unpaired) electrons. The number of anilines is 1. The molecule has 0 saturated carbocycles. The molecule has 1 amide bonds. The summed E-state index contributed by atoms with van der Waals surface area (Å²) in [5, 5.41) is 3.18. The number of pyridine rings is 1. The number of hydrogen-bond donors (Lipinski definition) is 1. The Morgan fingerprint density at radius 3 is 2.57 bits per heavy atom. The van der Waals surface area contributed by atoms with Crippen LogP contribution < -0.4 is 5.32 Å². The summed E-state index contributed by atoms with van der Waals surface area (Å²) in [6, 6.07) is 3.02. The Balaban J connectivity index is 1.70. The van der Waals surface area contributed by atoms with Gasteiger partial charge in [-0.05, 0) is 57.2 Å². The molecule has 0 saturated heterocycles. The molecular weight excluding hydrogens is 380 g/mol. The van der Waals surface area contributed by atoms with E-state index in [9.17, 15) is 14.4 Å². The molecule has 2 aromatic heterocycles. The van der Waals surface area contributed by atoms with Gasteiger partial charge in [-0.1, -0.05) is 0 Å². The van der Waals surface area contributed by atoms with Crippen LogP contribution in [0.4, 0.5) is 5.00 Å². The Kier molecular flexibility index (Phi) is 6.41. The zero-order valence-corrected chi connectivity index (χ0v) is 16.6. The van der Waals surface area contributed by atoms with Crippen LogP contribution in [0.3, 0.4) is 0 Å². The van der Waals surface area contributed by atoms with Crippen molar-refractivity contribution >= 4 is 34.2 Å². The number of aryl methyl sites for hydroxylation is 1. The molecule has 0 aliphatic heterocycles. The average molecular weight is 402 g/mol. The lowest BCUT2D eigenvalue weighted by molar-refractivity contribution is -0.119. The van der Waals surface area contributed by atoms with Crippen molar-refractivity contribution < 1.29 is 23.9 Å². The molecule has 2 heterocycles. The molecule has 1 N–H and O–H groups in total. The third-order valence-electron chi connectivity index (χ3n) is 4.22. The van der Waals surface area contributed by atoms with Gasteiger partial charge in [0.1, 0.15) is 5.00 Å². The van der Waals surface area contributed by atoms with Crippen LogP contribution in [0.25, 0.3) is 0 Å². The molecule has 0 bridgehead atoms. The van der Waals surface area contributed by atoms with Gasteiger partial charge in [0.2, 0.25) is 0 Å². The maximum absolute atomic E-state index is 12.6. The fraction of sp³-hybridized carbons (Fsp3) is 0.400. The number of fused-ring (bicyclic) bond motifs is 1. The minimum absolute atomic E-state index is 0.253. The SMILES string of the molecule is CC(C)OC(=O)c1c(NC(=O)COC(=O)c2ccncc2)sc2c1CCCC2. The molecule has 0 spiro atoms. The lowest BCUT2D eigenvalue weighted by atomic mass is 9.95. The van der Waals surface area contributed by atoms with Gasteiger partial charge in [-0.25, -0.2) is 9.59 Å². The molecule has 0 atom stereocenters. The summed E-state index contributed by atoms with van der Waals surface area (Å²) < 4.78 is 10.4. The van der Waals surface area contributed by atoms with E-state index in [1.165, 1.54) is 35.9 Å². The van der Waals surface area contributed by atoms with Crippen LogP contribution >= 0.6 is 11.3 Å². The van der Waals surface area contributed by atoms with Crippen molar-refractivity contribution in [3.8, 4) is 0 Å². The Labute approximate surface area is 167 Å². The fourth-order valence-electron chi connectivity index (χ4n) is 3.01. The number of amides is 1. The first-order valence-electron chi connectivity index (χ1n) is 9.18. The smallest absolute Gasteiger partial charge is 0.341 e.